The van der Waals surface area contributed by atoms with Crippen molar-refractivity contribution >= 4 is 25.4 Å². The molecule has 5 heteroatoms. The number of ether oxygens (including phenoxy) is 3. The zero-order chi connectivity index (χ0) is 18.2. The van der Waals surface area contributed by atoms with E-state index in [-0.39, 0.29) is 33.1 Å². The Morgan fingerprint density at radius 1 is 1.12 bits per heavy atom. The molecule has 0 unspecified atom stereocenters. The monoisotopic (exact) mass is 400 g/mol. The molecule has 0 radical (unpaired) electrons. The Morgan fingerprint density at radius 2 is 1.71 bits per heavy atom. The van der Waals surface area contributed by atoms with Gasteiger partial charge in [0.1, 0.15) is 0 Å². The first kappa shape index (κ1) is 19.5. The molecule has 1 aromatic rings. The third-order valence-corrected chi connectivity index (χ3v) is 6.52. The number of benzene rings is 1. The van der Waals surface area contributed by atoms with Gasteiger partial charge in [-0.2, -0.15) is 0 Å². The first-order valence-electron chi connectivity index (χ1n) is 8.26. The number of carbonyl (C=O) groups excluding carboxylic acids is 1. The molecule has 1 saturated heterocycles. The van der Waals surface area contributed by atoms with Crippen LogP contribution in [0.2, 0.25) is 4.31 Å². The average Bonchev–Trinajstić information content (AvgIpc) is 2.71. The van der Waals surface area contributed by atoms with E-state index in [0.717, 1.165) is 4.46 Å². The van der Waals surface area contributed by atoms with Gasteiger partial charge in [-0.25, -0.2) is 0 Å². The summed E-state index contributed by atoms with van der Waals surface area (Å²) in [7, 11) is 0. The van der Waals surface area contributed by atoms with Crippen molar-refractivity contribution < 1.29 is 19.0 Å². The summed E-state index contributed by atoms with van der Waals surface area (Å²) in [5.74, 6) is -0.919. The van der Waals surface area contributed by atoms with Gasteiger partial charge in [0.25, 0.3) is 0 Å². The van der Waals surface area contributed by atoms with Gasteiger partial charge in [0.05, 0.1) is 0 Å². The van der Waals surface area contributed by atoms with Crippen molar-refractivity contribution in [2.45, 2.75) is 76.4 Å². The Bertz CT molecular complexity index is 579. The van der Waals surface area contributed by atoms with Crippen molar-refractivity contribution in [2.24, 2.45) is 0 Å². The van der Waals surface area contributed by atoms with Crippen molar-refractivity contribution in [3.05, 3.63) is 30.3 Å². The van der Waals surface area contributed by atoms with Crippen LogP contribution in [0.4, 0.5) is 0 Å². The van der Waals surface area contributed by atoms with Crippen LogP contribution in [0.25, 0.3) is 0 Å². The summed E-state index contributed by atoms with van der Waals surface area (Å²) in [6, 6.07) is 10.1. The molecular weight excluding hydrogens is 371 g/mol. The number of carbonyl (C=O) groups is 1. The van der Waals surface area contributed by atoms with Crippen LogP contribution >= 0.6 is 0 Å². The summed E-state index contributed by atoms with van der Waals surface area (Å²) in [5, 5.41) is 0. The van der Waals surface area contributed by atoms with Crippen LogP contribution in [0.15, 0.2) is 30.3 Å². The second kappa shape index (κ2) is 6.80. The van der Waals surface area contributed by atoms with Gasteiger partial charge in [0, 0.05) is 0 Å². The third kappa shape index (κ3) is 4.60. The fraction of sp³-hybridized carbons (Fsp3) is 0.632. The van der Waals surface area contributed by atoms with Gasteiger partial charge < -0.3 is 0 Å². The van der Waals surface area contributed by atoms with Gasteiger partial charge in [-0.15, -0.1) is 0 Å². The van der Waals surface area contributed by atoms with Crippen LogP contribution in [0.3, 0.4) is 0 Å². The van der Waals surface area contributed by atoms with E-state index >= 15 is 0 Å². The molecule has 0 spiro atoms. The Kier molecular flexibility index (Phi) is 5.51. The first-order chi connectivity index (χ1) is 10.9. The van der Waals surface area contributed by atoms with Gasteiger partial charge in [-0.3, -0.25) is 0 Å². The summed E-state index contributed by atoms with van der Waals surface area (Å²) in [6.07, 6.45) is -0.523. The van der Waals surface area contributed by atoms with Crippen LogP contribution in [0, 0.1) is 0 Å². The average molecular weight is 399 g/mol. The maximum absolute atomic E-state index is 13.1. The molecule has 1 aliphatic heterocycles. The van der Waals surface area contributed by atoms with Gasteiger partial charge in [-0.1, -0.05) is 0 Å². The van der Waals surface area contributed by atoms with Gasteiger partial charge >= 0.3 is 151 Å². The molecule has 0 bridgehead atoms. The predicted octanol–water partition coefficient (Wildman–Crippen LogP) is 3.08. The van der Waals surface area contributed by atoms with Crippen molar-refractivity contribution in [1.29, 1.82) is 0 Å². The number of hydrogen-bond donors (Lipinski definition) is 0. The fourth-order valence-electron chi connectivity index (χ4n) is 2.83. The molecule has 3 atom stereocenters. The molecule has 0 amide bonds. The predicted molar refractivity (Wildman–Crippen MR) is 95.5 cm³/mol. The Labute approximate surface area is 151 Å². The van der Waals surface area contributed by atoms with E-state index in [4.69, 9.17) is 14.2 Å². The molecule has 1 aliphatic rings. The molecule has 1 fully saturated rings. The van der Waals surface area contributed by atoms with Crippen molar-refractivity contribution in [2.75, 3.05) is 0 Å². The van der Waals surface area contributed by atoms with E-state index in [9.17, 15) is 4.79 Å². The standard InChI is InChI=1S/C19H28O4Se/c1-13-15(22-18(5,6)21-13)19(7,16(20)23-17(2,3)4)24-14-11-9-8-10-12-14/h8-13,15H,1-7H3/t13-,15+,19-/m1/s1. The second-order valence-electron chi connectivity index (χ2n) is 7.79. The molecule has 1 aromatic carbocycles. The molecule has 4 nitrogen and oxygen atoms in total. The molecule has 1 heterocycles. The third-order valence-electron chi connectivity index (χ3n) is 3.73. The SMILES string of the molecule is C[C@H]1OC(C)(C)O[C@@H]1[C@@](C)([Se]c1ccccc1)C(=O)OC(C)(C)C. The summed E-state index contributed by atoms with van der Waals surface area (Å²) in [4.78, 5) is 13.1. The summed E-state index contributed by atoms with van der Waals surface area (Å²) >= 11 is -0.153. The van der Waals surface area contributed by atoms with E-state index in [2.05, 4.69) is 0 Å². The van der Waals surface area contributed by atoms with Crippen LogP contribution in [0.1, 0.15) is 48.5 Å². The molecule has 0 N–H and O–H groups in total. The van der Waals surface area contributed by atoms with E-state index < -0.39 is 15.7 Å². The van der Waals surface area contributed by atoms with E-state index in [1.807, 2.05) is 78.8 Å². The number of esters is 1. The second-order valence-corrected chi connectivity index (χ2v) is 11.0. The molecule has 0 aliphatic carbocycles. The summed E-state index contributed by atoms with van der Waals surface area (Å²) < 4.78 is 18.1. The minimum absolute atomic E-state index is 0.153. The Balaban J connectivity index is 2.35. The van der Waals surface area contributed by atoms with Crippen molar-refractivity contribution in [3.8, 4) is 0 Å². The van der Waals surface area contributed by atoms with Gasteiger partial charge in [0.2, 0.25) is 0 Å². The maximum atomic E-state index is 13.1. The van der Waals surface area contributed by atoms with Gasteiger partial charge in [0.15, 0.2) is 0 Å². The fourth-order valence-corrected chi connectivity index (χ4v) is 5.48. The molecule has 2 rings (SSSR count). The molecular formula is C19H28O4Se. The molecule has 0 saturated carbocycles. The molecule has 134 valence electrons. The van der Waals surface area contributed by atoms with Crippen molar-refractivity contribution in [1.82, 2.24) is 0 Å². The number of hydrogen-bond acceptors (Lipinski definition) is 4. The molecule has 0 aromatic heterocycles. The van der Waals surface area contributed by atoms with Gasteiger partial charge in [-0.05, 0) is 0 Å². The first-order valence-corrected chi connectivity index (χ1v) is 9.97. The van der Waals surface area contributed by atoms with Crippen LogP contribution in [-0.4, -0.2) is 44.5 Å². The van der Waals surface area contributed by atoms with E-state index in [1.165, 1.54) is 0 Å². The van der Waals surface area contributed by atoms with Crippen molar-refractivity contribution in [3.63, 3.8) is 0 Å². The van der Waals surface area contributed by atoms with E-state index in [0.29, 0.717) is 0 Å². The topological polar surface area (TPSA) is 44.8 Å². The van der Waals surface area contributed by atoms with Crippen LogP contribution in [0.5, 0.6) is 0 Å². The minimum atomic E-state index is -0.769. The summed E-state index contributed by atoms with van der Waals surface area (Å²) in [5.41, 5.74) is -0.538. The quantitative estimate of drug-likeness (QED) is 0.577. The normalized spacial score (nSPS) is 26.0. The Hall–Kier alpha value is -0.871. The van der Waals surface area contributed by atoms with E-state index in [1.54, 1.807) is 0 Å². The van der Waals surface area contributed by atoms with Crippen LogP contribution in [-0.2, 0) is 19.0 Å². The summed E-state index contributed by atoms with van der Waals surface area (Å²) in [6.45, 7) is 13.3. The Morgan fingerprint density at radius 3 is 2.17 bits per heavy atom. The zero-order valence-corrected chi connectivity index (χ0v) is 17.3. The molecule has 24 heavy (non-hydrogen) atoms. The number of rotatable bonds is 4. The zero-order valence-electron chi connectivity index (χ0n) is 15.6. The van der Waals surface area contributed by atoms with Crippen LogP contribution < -0.4 is 4.46 Å².